The predicted octanol–water partition coefficient (Wildman–Crippen LogP) is 4.50. The van der Waals surface area contributed by atoms with Crippen LogP contribution in [0.2, 0.25) is 0 Å². The average Bonchev–Trinajstić information content (AvgIpc) is 2.55. The molecule has 0 aliphatic carbocycles. The Morgan fingerprint density at radius 1 is 1.38 bits per heavy atom. The predicted molar refractivity (Wildman–Crippen MR) is 67.5 cm³/mol. The highest BCUT2D eigenvalue weighted by Gasteiger charge is 2.15. The highest BCUT2D eigenvalue weighted by Crippen LogP contribution is 2.34. The number of rotatable bonds is 1. The van der Waals surface area contributed by atoms with Crippen molar-refractivity contribution in [2.75, 3.05) is 0 Å². The van der Waals surface area contributed by atoms with Gasteiger partial charge in [0.05, 0.1) is 0 Å². The standard InChI is InChI=1S/C13H12BrNO/c1-7(2)10-4-9(14)5-11-8(3)12(6-15)16-13(10)11/h4-5,7H,1-3H3. The van der Waals surface area contributed by atoms with Crippen molar-refractivity contribution < 1.29 is 4.42 Å². The molecule has 0 radical (unpaired) electrons. The van der Waals surface area contributed by atoms with E-state index < -0.39 is 0 Å². The maximum absolute atomic E-state index is 8.96. The molecule has 3 heteroatoms. The van der Waals surface area contributed by atoms with Crippen molar-refractivity contribution in [2.24, 2.45) is 0 Å². The number of furan rings is 1. The zero-order chi connectivity index (χ0) is 11.9. The smallest absolute Gasteiger partial charge is 0.207 e. The lowest BCUT2D eigenvalue weighted by molar-refractivity contribution is 0.589. The van der Waals surface area contributed by atoms with Crippen molar-refractivity contribution in [3.63, 3.8) is 0 Å². The third-order valence-corrected chi connectivity index (χ3v) is 3.21. The van der Waals surface area contributed by atoms with Crippen LogP contribution in [0.3, 0.4) is 0 Å². The summed E-state index contributed by atoms with van der Waals surface area (Å²) >= 11 is 3.49. The SMILES string of the molecule is Cc1c(C#N)oc2c(C(C)C)cc(Br)cc12. The molecule has 2 nitrogen and oxygen atoms in total. The summed E-state index contributed by atoms with van der Waals surface area (Å²) in [7, 11) is 0. The minimum atomic E-state index is 0.372. The van der Waals surface area contributed by atoms with Crippen molar-refractivity contribution in [2.45, 2.75) is 26.7 Å². The minimum absolute atomic E-state index is 0.372. The summed E-state index contributed by atoms with van der Waals surface area (Å²) in [4.78, 5) is 0. The molecule has 0 saturated heterocycles. The zero-order valence-electron chi connectivity index (χ0n) is 9.47. The Kier molecular flexibility index (Phi) is 2.77. The quantitative estimate of drug-likeness (QED) is 0.770. The van der Waals surface area contributed by atoms with Gasteiger partial charge >= 0.3 is 0 Å². The van der Waals surface area contributed by atoms with Gasteiger partial charge in [-0.2, -0.15) is 5.26 Å². The molecule has 82 valence electrons. The largest absolute Gasteiger partial charge is 0.445 e. The molecule has 0 atom stereocenters. The highest BCUT2D eigenvalue weighted by molar-refractivity contribution is 9.10. The van der Waals surface area contributed by atoms with Crippen LogP contribution in [0.25, 0.3) is 11.0 Å². The topological polar surface area (TPSA) is 36.9 Å². The van der Waals surface area contributed by atoms with E-state index in [0.29, 0.717) is 11.7 Å². The third-order valence-electron chi connectivity index (χ3n) is 2.75. The summed E-state index contributed by atoms with van der Waals surface area (Å²) in [6.45, 7) is 6.15. The normalized spacial score (nSPS) is 11.0. The summed E-state index contributed by atoms with van der Waals surface area (Å²) in [5.74, 6) is 0.784. The molecule has 0 amide bonds. The second kappa shape index (κ2) is 3.95. The first-order chi connectivity index (χ1) is 7.54. The second-order valence-corrected chi connectivity index (χ2v) is 5.11. The Hall–Kier alpha value is -1.27. The van der Waals surface area contributed by atoms with Crippen LogP contribution in [0.15, 0.2) is 21.0 Å². The Bertz CT molecular complexity index is 590. The van der Waals surface area contributed by atoms with Gasteiger partial charge < -0.3 is 4.42 Å². The van der Waals surface area contributed by atoms with Gasteiger partial charge in [0, 0.05) is 15.4 Å². The van der Waals surface area contributed by atoms with Crippen LogP contribution in [0.5, 0.6) is 0 Å². The molecule has 2 aromatic rings. The van der Waals surface area contributed by atoms with Crippen molar-refractivity contribution in [3.8, 4) is 6.07 Å². The first-order valence-corrected chi connectivity index (χ1v) is 5.96. The lowest BCUT2D eigenvalue weighted by atomic mass is 10.00. The van der Waals surface area contributed by atoms with E-state index in [1.54, 1.807) is 0 Å². The number of nitriles is 1. The van der Waals surface area contributed by atoms with Crippen molar-refractivity contribution in [1.29, 1.82) is 5.26 Å². The number of nitrogens with zero attached hydrogens (tertiary/aromatic N) is 1. The fourth-order valence-electron chi connectivity index (χ4n) is 1.84. The Labute approximate surface area is 103 Å². The Balaban J connectivity index is 2.88. The van der Waals surface area contributed by atoms with E-state index in [1.165, 1.54) is 0 Å². The third kappa shape index (κ3) is 1.64. The summed E-state index contributed by atoms with van der Waals surface area (Å²) in [5, 5.41) is 9.99. The van der Waals surface area contributed by atoms with E-state index in [4.69, 9.17) is 9.68 Å². The number of halogens is 1. The molecule has 0 N–H and O–H groups in total. The lowest BCUT2D eigenvalue weighted by Crippen LogP contribution is -1.88. The fraction of sp³-hybridized carbons (Fsp3) is 0.308. The first kappa shape index (κ1) is 11.2. The van der Waals surface area contributed by atoms with E-state index in [-0.39, 0.29) is 0 Å². The van der Waals surface area contributed by atoms with Gasteiger partial charge in [-0.25, -0.2) is 0 Å². The second-order valence-electron chi connectivity index (χ2n) is 4.19. The fourth-order valence-corrected chi connectivity index (χ4v) is 2.32. The van der Waals surface area contributed by atoms with Crippen LogP contribution in [-0.2, 0) is 0 Å². The van der Waals surface area contributed by atoms with E-state index >= 15 is 0 Å². The van der Waals surface area contributed by atoms with E-state index in [1.807, 2.05) is 13.0 Å². The van der Waals surface area contributed by atoms with Crippen molar-refractivity contribution in [3.05, 3.63) is 33.5 Å². The molecular weight excluding hydrogens is 266 g/mol. The molecule has 1 heterocycles. The van der Waals surface area contributed by atoms with Crippen molar-refractivity contribution in [1.82, 2.24) is 0 Å². The van der Waals surface area contributed by atoms with Gasteiger partial charge in [0.1, 0.15) is 11.7 Å². The van der Waals surface area contributed by atoms with Crippen LogP contribution in [-0.4, -0.2) is 0 Å². The zero-order valence-corrected chi connectivity index (χ0v) is 11.1. The van der Waals surface area contributed by atoms with Gasteiger partial charge in [0.25, 0.3) is 0 Å². The molecule has 1 aromatic heterocycles. The number of benzene rings is 1. The summed E-state index contributed by atoms with van der Waals surface area (Å²) in [6, 6.07) is 6.14. The molecule has 0 spiro atoms. The van der Waals surface area contributed by atoms with Gasteiger partial charge in [0.15, 0.2) is 0 Å². The lowest BCUT2D eigenvalue weighted by Gasteiger charge is -2.06. The van der Waals surface area contributed by atoms with Crippen molar-refractivity contribution >= 4 is 26.9 Å². The molecule has 0 fully saturated rings. The van der Waals surface area contributed by atoms with Gasteiger partial charge in [-0.3, -0.25) is 0 Å². The van der Waals surface area contributed by atoms with E-state index in [9.17, 15) is 0 Å². The molecule has 2 rings (SSSR count). The first-order valence-electron chi connectivity index (χ1n) is 5.17. The molecule has 0 unspecified atom stereocenters. The van der Waals surface area contributed by atoms with E-state index in [2.05, 4.69) is 41.9 Å². The molecule has 0 bridgehead atoms. The van der Waals surface area contributed by atoms with Gasteiger partial charge in [-0.05, 0) is 30.5 Å². The van der Waals surface area contributed by atoms with Gasteiger partial charge in [-0.1, -0.05) is 29.8 Å². The van der Waals surface area contributed by atoms with Crippen LogP contribution < -0.4 is 0 Å². The van der Waals surface area contributed by atoms with Crippen LogP contribution >= 0.6 is 15.9 Å². The molecule has 0 saturated carbocycles. The van der Waals surface area contributed by atoms with Crippen LogP contribution in [0.1, 0.15) is 36.7 Å². The maximum atomic E-state index is 8.96. The average molecular weight is 278 g/mol. The summed E-state index contributed by atoms with van der Waals surface area (Å²) in [6.07, 6.45) is 0. The van der Waals surface area contributed by atoms with Gasteiger partial charge in [-0.15, -0.1) is 0 Å². The molecular formula is C13H12BrNO. The molecule has 1 aromatic carbocycles. The molecule has 16 heavy (non-hydrogen) atoms. The van der Waals surface area contributed by atoms with Crippen LogP contribution in [0, 0.1) is 18.3 Å². The number of fused-ring (bicyclic) bond motifs is 1. The molecule has 0 aliphatic rings. The molecule has 0 aliphatic heterocycles. The monoisotopic (exact) mass is 277 g/mol. The summed E-state index contributed by atoms with van der Waals surface area (Å²) in [5.41, 5.74) is 2.89. The van der Waals surface area contributed by atoms with Crippen LogP contribution in [0.4, 0.5) is 0 Å². The number of aryl methyl sites for hydroxylation is 1. The maximum Gasteiger partial charge on any atom is 0.207 e. The summed E-state index contributed by atoms with van der Waals surface area (Å²) < 4.78 is 6.64. The minimum Gasteiger partial charge on any atom is -0.445 e. The highest BCUT2D eigenvalue weighted by atomic mass is 79.9. The Morgan fingerprint density at radius 3 is 2.62 bits per heavy atom. The Morgan fingerprint density at radius 2 is 2.06 bits per heavy atom. The number of hydrogen-bond donors (Lipinski definition) is 0. The van der Waals surface area contributed by atoms with Gasteiger partial charge in [0.2, 0.25) is 5.76 Å². The van der Waals surface area contributed by atoms with E-state index in [0.717, 1.165) is 26.6 Å². The number of hydrogen-bond acceptors (Lipinski definition) is 2.